The van der Waals surface area contributed by atoms with E-state index < -0.39 is 0 Å². The molecule has 0 saturated heterocycles. The van der Waals surface area contributed by atoms with Crippen molar-refractivity contribution in [2.75, 3.05) is 6.61 Å². The molecule has 112 valence electrons. The van der Waals surface area contributed by atoms with E-state index in [1.54, 1.807) is 0 Å². The van der Waals surface area contributed by atoms with Crippen LogP contribution >= 0.6 is 0 Å². The Morgan fingerprint density at radius 3 is 2.37 bits per heavy atom. The first-order valence-corrected chi connectivity index (χ1v) is 8.47. The van der Waals surface area contributed by atoms with E-state index >= 15 is 0 Å². The van der Waals surface area contributed by atoms with Crippen molar-refractivity contribution < 1.29 is 4.74 Å². The molecular weight excluding hydrogens is 234 g/mol. The maximum atomic E-state index is 5.84. The zero-order valence-electron chi connectivity index (χ0n) is 13.4. The van der Waals surface area contributed by atoms with E-state index in [-0.39, 0.29) is 0 Å². The van der Waals surface area contributed by atoms with E-state index in [0.717, 1.165) is 18.6 Å². The number of ether oxygens (including phenoxy) is 1. The summed E-state index contributed by atoms with van der Waals surface area (Å²) in [6.45, 7) is 10.0. The summed E-state index contributed by atoms with van der Waals surface area (Å²) in [6, 6.07) is 1.38. The van der Waals surface area contributed by atoms with E-state index in [4.69, 9.17) is 4.74 Å². The summed E-state index contributed by atoms with van der Waals surface area (Å²) in [5.74, 6) is 0.917. The zero-order valence-corrected chi connectivity index (χ0v) is 13.4. The van der Waals surface area contributed by atoms with Crippen molar-refractivity contribution in [1.82, 2.24) is 5.32 Å². The van der Waals surface area contributed by atoms with Gasteiger partial charge in [0, 0.05) is 24.1 Å². The lowest BCUT2D eigenvalue weighted by Gasteiger charge is -2.53. The number of hydrogen-bond donors (Lipinski definition) is 1. The van der Waals surface area contributed by atoms with Crippen molar-refractivity contribution >= 4 is 0 Å². The predicted octanol–water partition coefficient (Wildman–Crippen LogP) is 4.14. The van der Waals surface area contributed by atoms with Crippen LogP contribution in [0.1, 0.15) is 72.6 Å². The second kappa shape index (κ2) is 6.58. The Kier molecular flexibility index (Phi) is 5.30. The molecule has 0 aliphatic heterocycles. The van der Waals surface area contributed by atoms with Crippen LogP contribution in [0.2, 0.25) is 0 Å². The number of nitrogens with one attached hydrogen (secondary N) is 1. The largest absolute Gasteiger partial charge is 0.378 e. The van der Waals surface area contributed by atoms with Gasteiger partial charge in [0.1, 0.15) is 0 Å². The highest BCUT2D eigenvalue weighted by Crippen LogP contribution is 2.43. The smallest absolute Gasteiger partial charge is 0.0655 e. The van der Waals surface area contributed by atoms with Crippen molar-refractivity contribution in [2.45, 2.75) is 90.8 Å². The van der Waals surface area contributed by atoms with Gasteiger partial charge in [0.15, 0.2) is 0 Å². The van der Waals surface area contributed by atoms with Gasteiger partial charge in [-0.05, 0) is 38.5 Å². The van der Waals surface area contributed by atoms with Gasteiger partial charge in [-0.3, -0.25) is 0 Å². The number of hydrogen-bond acceptors (Lipinski definition) is 2. The molecule has 19 heavy (non-hydrogen) atoms. The van der Waals surface area contributed by atoms with Gasteiger partial charge in [0.2, 0.25) is 0 Å². The molecule has 2 aliphatic carbocycles. The third-order valence-corrected chi connectivity index (χ3v) is 5.62. The van der Waals surface area contributed by atoms with Crippen LogP contribution in [0.25, 0.3) is 0 Å². The molecule has 2 aliphatic rings. The Bertz CT molecular complexity index is 270. The van der Waals surface area contributed by atoms with Gasteiger partial charge in [-0.2, -0.15) is 0 Å². The summed E-state index contributed by atoms with van der Waals surface area (Å²) in [5, 5.41) is 3.97. The topological polar surface area (TPSA) is 21.3 Å². The SMILES string of the molecule is CCOC1CC(NC(CC)C2CCCCC2)C1(C)C. The minimum Gasteiger partial charge on any atom is -0.378 e. The summed E-state index contributed by atoms with van der Waals surface area (Å²) in [5.41, 5.74) is 0.304. The second-order valence-corrected chi connectivity index (χ2v) is 7.13. The quantitative estimate of drug-likeness (QED) is 0.781. The van der Waals surface area contributed by atoms with Crippen LogP contribution in [0.5, 0.6) is 0 Å². The van der Waals surface area contributed by atoms with Crippen LogP contribution in [-0.4, -0.2) is 24.8 Å². The van der Waals surface area contributed by atoms with Crippen molar-refractivity contribution in [1.29, 1.82) is 0 Å². The Balaban J connectivity index is 1.85. The lowest BCUT2D eigenvalue weighted by atomic mass is 9.64. The molecule has 0 aromatic heterocycles. The fourth-order valence-corrected chi connectivity index (χ4v) is 4.03. The molecule has 0 spiro atoms. The average molecular weight is 267 g/mol. The molecule has 3 atom stereocenters. The molecule has 0 bridgehead atoms. The van der Waals surface area contributed by atoms with Gasteiger partial charge in [-0.1, -0.05) is 40.0 Å². The fourth-order valence-electron chi connectivity index (χ4n) is 4.03. The van der Waals surface area contributed by atoms with Crippen LogP contribution in [-0.2, 0) is 4.74 Å². The summed E-state index contributed by atoms with van der Waals surface area (Å²) in [6.07, 6.45) is 10.1. The summed E-state index contributed by atoms with van der Waals surface area (Å²) >= 11 is 0. The van der Waals surface area contributed by atoms with E-state index in [2.05, 4.69) is 33.0 Å². The second-order valence-electron chi connectivity index (χ2n) is 7.13. The first kappa shape index (κ1) is 15.3. The molecule has 0 aromatic carbocycles. The molecule has 2 nitrogen and oxygen atoms in total. The predicted molar refractivity (Wildman–Crippen MR) is 81.4 cm³/mol. The van der Waals surface area contributed by atoms with Crippen molar-refractivity contribution in [3.05, 3.63) is 0 Å². The molecule has 2 heteroatoms. The first-order valence-electron chi connectivity index (χ1n) is 8.47. The lowest BCUT2D eigenvalue weighted by molar-refractivity contribution is -0.118. The fraction of sp³-hybridized carbons (Fsp3) is 1.00. The Labute approximate surface area is 119 Å². The number of rotatable bonds is 6. The Morgan fingerprint density at radius 1 is 1.16 bits per heavy atom. The molecule has 2 rings (SSSR count). The maximum Gasteiger partial charge on any atom is 0.0655 e. The molecule has 0 heterocycles. The van der Waals surface area contributed by atoms with Gasteiger partial charge in [0.25, 0.3) is 0 Å². The molecule has 1 N–H and O–H groups in total. The third-order valence-electron chi connectivity index (χ3n) is 5.62. The minimum atomic E-state index is 0.304. The molecule has 0 aromatic rings. The standard InChI is InChI=1S/C17H33NO/c1-5-14(13-10-8-7-9-11-13)18-15-12-16(19-6-2)17(15,3)4/h13-16,18H,5-12H2,1-4H3. The molecule has 3 unspecified atom stereocenters. The first-order chi connectivity index (χ1) is 9.09. The monoisotopic (exact) mass is 267 g/mol. The highest BCUT2D eigenvalue weighted by molar-refractivity contribution is 5.04. The lowest BCUT2D eigenvalue weighted by Crippen LogP contribution is -2.63. The van der Waals surface area contributed by atoms with Crippen molar-refractivity contribution in [2.24, 2.45) is 11.3 Å². The molecule has 0 radical (unpaired) electrons. The van der Waals surface area contributed by atoms with Gasteiger partial charge in [0.05, 0.1) is 6.10 Å². The molecular formula is C17H33NO. The highest BCUT2D eigenvalue weighted by atomic mass is 16.5. The van der Waals surface area contributed by atoms with Gasteiger partial charge in [-0.25, -0.2) is 0 Å². The van der Waals surface area contributed by atoms with Crippen molar-refractivity contribution in [3.8, 4) is 0 Å². The maximum absolute atomic E-state index is 5.84. The van der Waals surface area contributed by atoms with Crippen LogP contribution in [0.15, 0.2) is 0 Å². The van der Waals surface area contributed by atoms with E-state index in [1.165, 1.54) is 44.9 Å². The molecule has 2 fully saturated rings. The van der Waals surface area contributed by atoms with Crippen LogP contribution in [0, 0.1) is 11.3 Å². The van der Waals surface area contributed by atoms with Crippen LogP contribution in [0.3, 0.4) is 0 Å². The molecule has 2 saturated carbocycles. The highest BCUT2D eigenvalue weighted by Gasteiger charge is 2.49. The van der Waals surface area contributed by atoms with Crippen LogP contribution in [0.4, 0.5) is 0 Å². The summed E-state index contributed by atoms with van der Waals surface area (Å²) in [4.78, 5) is 0. The summed E-state index contributed by atoms with van der Waals surface area (Å²) < 4.78 is 5.84. The Hall–Kier alpha value is -0.0800. The molecule has 0 amide bonds. The van der Waals surface area contributed by atoms with E-state index in [0.29, 0.717) is 17.6 Å². The minimum absolute atomic E-state index is 0.304. The van der Waals surface area contributed by atoms with E-state index in [1.807, 2.05) is 0 Å². The summed E-state index contributed by atoms with van der Waals surface area (Å²) in [7, 11) is 0. The van der Waals surface area contributed by atoms with Crippen molar-refractivity contribution in [3.63, 3.8) is 0 Å². The van der Waals surface area contributed by atoms with E-state index in [9.17, 15) is 0 Å². The Morgan fingerprint density at radius 2 is 1.84 bits per heavy atom. The van der Waals surface area contributed by atoms with Gasteiger partial charge >= 0.3 is 0 Å². The normalized spacial score (nSPS) is 32.8. The van der Waals surface area contributed by atoms with Crippen LogP contribution < -0.4 is 5.32 Å². The average Bonchev–Trinajstić information content (AvgIpc) is 2.43. The van der Waals surface area contributed by atoms with Gasteiger partial charge < -0.3 is 10.1 Å². The zero-order chi connectivity index (χ0) is 13.9. The third kappa shape index (κ3) is 3.33. The van der Waals surface area contributed by atoms with Gasteiger partial charge in [-0.15, -0.1) is 0 Å².